The van der Waals surface area contributed by atoms with Gasteiger partial charge in [-0.1, -0.05) is 24.3 Å². The average Bonchev–Trinajstić information content (AvgIpc) is 2.58. The van der Waals surface area contributed by atoms with Gasteiger partial charge < -0.3 is 0 Å². The molecule has 0 unspecified atom stereocenters. The number of nitrogens with zero attached hydrogens (tertiary/aromatic N) is 2. The molecule has 2 aromatic carbocycles. The molecule has 0 amide bonds. The van der Waals surface area contributed by atoms with Gasteiger partial charge in [0.15, 0.2) is 0 Å². The van der Waals surface area contributed by atoms with Gasteiger partial charge >= 0.3 is 0 Å². The fourth-order valence-corrected chi connectivity index (χ4v) is 2.34. The number of hydrogen-bond donors (Lipinski definition) is 0. The molecule has 0 saturated carbocycles. The number of carbonyl (C=O) groups is 1. The summed E-state index contributed by atoms with van der Waals surface area (Å²) in [5, 5.41) is 21.4. The molecule has 7 heteroatoms. The maximum Gasteiger partial charge on any atom is 0.269 e. The molecule has 0 atom stereocenters. The Kier molecular flexibility index (Phi) is 5.73. The van der Waals surface area contributed by atoms with Crippen molar-refractivity contribution in [1.29, 1.82) is 0 Å². The first kappa shape index (κ1) is 17.3. The molecule has 0 spiro atoms. The second kappa shape index (κ2) is 7.96. The molecule has 0 aliphatic rings. The summed E-state index contributed by atoms with van der Waals surface area (Å²) >= 11 is 0. The molecule has 2 aromatic rings. The first-order chi connectivity index (χ1) is 11.5. The predicted octanol–water partition coefficient (Wildman–Crippen LogP) is 3.64. The van der Waals surface area contributed by atoms with Crippen molar-refractivity contribution < 1.29 is 14.6 Å². The molecule has 0 N–H and O–H groups in total. The highest BCUT2D eigenvalue weighted by Gasteiger charge is 2.09. The molecule has 0 saturated heterocycles. The third-order valence-electron chi connectivity index (χ3n) is 3.63. The van der Waals surface area contributed by atoms with Crippen LogP contribution >= 0.6 is 0 Å². The molecule has 2 rings (SSSR count). The third kappa shape index (κ3) is 4.98. The Morgan fingerprint density at radius 2 is 1.21 bits per heavy atom. The Labute approximate surface area is 138 Å². The topological polar surface area (TPSA) is 103 Å². The molecule has 0 fully saturated rings. The lowest BCUT2D eigenvalue weighted by Gasteiger charge is -2.03. The van der Waals surface area contributed by atoms with E-state index in [2.05, 4.69) is 0 Å². The summed E-state index contributed by atoms with van der Waals surface area (Å²) in [5.74, 6) is 0.0213. The van der Waals surface area contributed by atoms with Gasteiger partial charge in [-0.2, -0.15) is 0 Å². The summed E-state index contributed by atoms with van der Waals surface area (Å²) in [4.78, 5) is 32.5. The van der Waals surface area contributed by atoms with Crippen LogP contribution in [0.3, 0.4) is 0 Å². The van der Waals surface area contributed by atoms with Gasteiger partial charge in [-0.15, -0.1) is 0 Å². The van der Waals surface area contributed by atoms with Gasteiger partial charge in [0.05, 0.1) is 9.85 Å². The Morgan fingerprint density at radius 3 is 1.58 bits per heavy atom. The van der Waals surface area contributed by atoms with Gasteiger partial charge in [-0.25, -0.2) is 0 Å². The number of non-ortho nitro benzene ring substituents is 2. The summed E-state index contributed by atoms with van der Waals surface area (Å²) < 4.78 is 0. The Hall–Kier alpha value is -3.09. The summed E-state index contributed by atoms with van der Waals surface area (Å²) in [5.41, 5.74) is 1.51. The average molecular weight is 328 g/mol. The Balaban J connectivity index is 1.85. The van der Waals surface area contributed by atoms with E-state index in [0.717, 1.165) is 11.1 Å². The highest BCUT2D eigenvalue weighted by Crippen LogP contribution is 2.16. The smallest absolute Gasteiger partial charge is 0.269 e. The minimum Gasteiger partial charge on any atom is -0.300 e. The van der Waals surface area contributed by atoms with E-state index in [4.69, 9.17) is 0 Å². The number of Topliss-reactive ketones (excluding diaryl/α,β-unsaturated/α-hetero) is 1. The van der Waals surface area contributed by atoms with Crippen LogP contribution in [0.2, 0.25) is 0 Å². The number of hydrogen-bond acceptors (Lipinski definition) is 5. The second-order valence-corrected chi connectivity index (χ2v) is 5.39. The normalized spacial score (nSPS) is 10.3. The van der Waals surface area contributed by atoms with Crippen LogP contribution in [0.25, 0.3) is 0 Å². The van der Waals surface area contributed by atoms with E-state index in [1.807, 2.05) is 0 Å². The van der Waals surface area contributed by atoms with Gasteiger partial charge in [-0.3, -0.25) is 25.0 Å². The van der Waals surface area contributed by atoms with Crippen molar-refractivity contribution in [3.8, 4) is 0 Å². The number of rotatable bonds is 8. The first-order valence-corrected chi connectivity index (χ1v) is 7.44. The molecule has 0 aromatic heterocycles. The zero-order valence-corrected chi connectivity index (χ0v) is 12.9. The highest BCUT2D eigenvalue weighted by molar-refractivity contribution is 5.78. The number of aryl methyl sites for hydroxylation is 2. The van der Waals surface area contributed by atoms with Crippen molar-refractivity contribution in [2.45, 2.75) is 25.7 Å². The number of ketones is 1. The Morgan fingerprint density at radius 1 is 0.792 bits per heavy atom. The molecular formula is C17H16N2O5. The van der Waals surface area contributed by atoms with Crippen molar-refractivity contribution in [3.05, 3.63) is 79.9 Å². The second-order valence-electron chi connectivity index (χ2n) is 5.39. The van der Waals surface area contributed by atoms with Gasteiger partial charge in [0, 0.05) is 37.1 Å². The van der Waals surface area contributed by atoms with Gasteiger partial charge in [-0.05, 0) is 24.0 Å². The van der Waals surface area contributed by atoms with Crippen LogP contribution < -0.4 is 0 Å². The van der Waals surface area contributed by atoms with E-state index in [0.29, 0.717) is 12.8 Å². The van der Waals surface area contributed by atoms with Gasteiger partial charge in [0.1, 0.15) is 5.78 Å². The maximum absolute atomic E-state index is 12.0. The molecule has 0 aliphatic carbocycles. The van der Waals surface area contributed by atoms with E-state index < -0.39 is 9.85 Å². The van der Waals surface area contributed by atoms with Crippen LogP contribution in [0, 0.1) is 20.2 Å². The van der Waals surface area contributed by atoms with Crippen molar-refractivity contribution in [2.75, 3.05) is 0 Å². The SMILES string of the molecule is O=C(CCc1cccc([N+](=O)[O-])c1)CCc1cccc([N+](=O)[O-])c1. The summed E-state index contributed by atoms with van der Waals surface area (Å²) in [6.45, 7) is 0. The zero-order valence-electron chi connectivity index (χ0n) is 12.9. The predicted molar refractivity (Wildman–Crippen MR) is 87.8 cm³/mol. The molecule has 24 heavy (non-hydrogen) atoms. The molecule has 7 nitrogen and oxygen atoms in total. The van der Waals surface area contributed by atoms with Crippen molar-refractivity contribution in [2.24, 2.45) is 0 Å². The fraction of sp³-hybridized carbons (Fsp3) is 0.235. The van der Waals surface area contributed by atoms with Gasteiger partial charge in [0.25, 0.3) is 11.4 Å². The van der Waals surface area contributed by atoms with Crippen molar-refractivity contribution >= 4 is 17.2 Å². The number of benzene rings is 2. The monoisotopic (exact) mass is 328 g/mol. The molecular weight excluding hydrogens is 312 g/mol. The molecule has 124 valence electrons. The van der Waals surface area contributed by atoms with Crippen LogP contribution in [0.1, 0.15) is 24.0 Å². The summed E-state index contributed by atoms with van der Waals surface area (Å²) in [6.07, 6.45) is 1.46. The van der Waals surface area contributed by atoms with Crippen molar-refractivity contribution in [1.82, 2.24) is 0 Å². The summed E-state index contributed by atoms with van der Waals surface area (Å²) in [6, 6.07) is 12.5. The maximum atomic E-state index is 12.0. The molecule has 0 heterocycles. The third-order valence-corrected chi connectivity index (χ3v) is 3.63. The fourth-order valence-electron chi connectivity index (χ4n) is 2.34. The van der Waals surface area contributed by atoms with Crippen LogP contribution in [0.4, 0.5) is 11.4 Å². The van der Waals surface area contributed by atoms with Gasteiger partial charge in [0.2, 0.25) is 0 Å². The van der Waals surface area contributed by atoms with Crippen LogP contribution in [0.15, 0.2) is 48.5 Å². The lowest BCUT2D eigenvalue weighted by molar-refractivity contribution is -0.385. The molecule has 0 radical (unpaired) electrons. The van der Waals surface area contributed by atoms with Crippen molar-refractivity contribution in [3.63, 3.8) is 0 Å². The number of nitro groups is 2. The lowest BCUT2D eigenvalue weighted by Crippen LogP contribution is -2.03. The molecule has 0 bridgehead atoms. The van der Waals surface area contributed by atoms with E-state index in [-0.39, 0.29) is 30.0 Å². The van der Waals surface area contributed by atoms with E-state index >= 15 is 0 Å². The number of nitro benzene ring substituents is 2. The Bertz CT molecular complexity index is 710. The zero-order chi connectivity index (χ0) is 17.5. The lowest BCUT2D eigenvalue weighted by atomic mass is 10.0. The van der Waals surface area contributed by atoms with Crippen LogP contribution in [-0.4, -0.2) is 15.6 Å². The first-order valence-electron chi connectivity index (χ1n) is 7.44. The summed E-state index contributed by atoms with van der Waals surface area (Å²) in [7, 11) is 0. The minimum absolute atomic E-state index is 0.0107. The van der Waals surface area contributed by atoms with Crippen LogP contribution in [-0.2, 0) is 17.6 Å². The van der Waals surface area contributed by atoms with E-state index in [1.54, 1.807) is 24.3 Å². The largest absolute Gasteiger partial charge is 0.300 e. The quantitative estimate of drug-likeness (QED) is 0.543. The molecule has 0 aliphatic heterocycles. The number of carbonyl (C=O) groups excluding carboxylic acids is 1. The minimum atomic E-state index is -0.465. The van der Waals surface area contributed by atoms with Crippen LogP contribution in [0.5, 0.6) is 0 Å². The highest BCUT2D eigenvalue weighted by atomic mass is 16.6. The van der Waals surface area contributed by atoms with E-state index in [1.165, 1.54) is 24.3 Å². The van der Waals surface area contributed by atoms with E-state index in [9.17, 15) is 25.0 Å². The standard InChI is InChI=1S/C17H16N2O5/c20-17(9-7-13-3-1-5-15(11-13)18(21)22)10-8-14-4-2-6-16(12-14)19(23)24/h1-6,11-12H,7-10H2.